The van der Waals surface area contributed by atoms with Crippen LogP contribution in [0.1, 0.15) is 5.56 Å². The molecule has 2 aromatic rings. The number of rotatable bonds is 5. The second-order valence-corrected chi connectivity index (χ2v) is 8.48. The highest BCUT2D eigenvalue weighted by Gasteiger charge is 2.22. The molecule has 11 heteroatoms. The van der Waals surface area contributed by atoms with Crippen molar-refractivity contribution in [2.24, 2.45) is 0 Å². The van der Waals surface area contributed by atoms with Crippen molar-refractivity contribution in [2.45, 2.75) is 4.90 Å². The SMILES string of the molecule is O=C1NC(=S)SC1=Cc1cccc(OS(=O)(=O)c2ccc([N+](=O)[O-])cc2)c1. The van der Waals surface area contributed by atoms with Crippen molar-refractivity contribution < 1.29 is 22.3 Å². The monoisotopic (exact) mass is 422 g/mol. The van der Waals surface area contributed by atoms with E-state index in [0.717, 1.165) is 36.0 Å². The molecule has 2 aromatic carbocycles. The maximum absolute atomic E-state index is 12.3. The summed E-state index contributed by atoms with van der Waals surface area (Å²) in [5.41, 5.74) is 0.321. The Morgan fingerprint density at radius 1 is 1.19 bits per heavy atom. The smallest absolute Gasteiger partial charge is 0.339 e. The van der Waals surface area contributed by atoms with Crippen LogP contribution in [0.2, 0.25) is 0 Å². The third-order valence-corrected chi connectivity index (χ3v) is 5.76. The van der Waals surface area contributed by atoms with Gasteiger partial charge < -0.3 is 9.50 Å². The second kappa shape index (κ2) is 7.47. The van der Waals surface area contributed by atoms with Crippen LogP contribution < -0.4 is 9.50 Å². The number of hydrogen-bond acceptors (Lipinski definition) is 8. The number of nitro benzene ring substituents is 1. The van der Waals surface area contributed by atoms with Crippen LogP contribution in [0.5, 0.6) is 5.75 Å². The lowest BCUT2D eigenvalue weighted by Crippen LogP contribution is -2.17. The number of nitrogens with zero attached hydrogens (tertiary/aromatic N) is 1. The molecule has 0 aliphatic carbocycles. The summed E-state index contributed by atoms with van der Waals surface area (Å²) in [7, 11) is -4.17. The molecule has 1 amide bonds. The normalized spacial score (nSPS) is 15.6. The largest absolute Gasteiger partial charge is 0.379 e. The highest BCUT2D eigenvalue weighted by molar-refractivity contribution is 8.26. The van der Waals surface area contributed by atoms with Crippen LogP contribution in [0.15, 0.2) is 58.3 Å². The first-order chi connectivity index (χ1) is 12.7. The molecule has 8 nitrogen and oxygen atoms in total. The molecule has 1 aliphatic heterocycles. The van der Waals surface area contributed by atoms with Gasteiger partial charge in [-0.25, -0.2) is 0 Å². The summed E-state index contributed by atoms with van der Waals surface area (Å²) >= 11 is 6.02. The van der Waals surface area contributed by atoms with E-state index in [4.69, 9.17) is 16.4 Å². The Bertz CT molecular complexity index is 1080. The summed E-state index contributed by atoms with van der Waals surface area (Å²) in [6.07, 6.45) is 1.56. The van der Waals surface area contributed by atoms with Gasteiger partial charge >= 0.3 is 10.1 Å². The number of benzene rings is 2. The van der Waals surface area contributed by atoms with Crippen molar-refractivity contribution >= 4 is 56.1 Å². The Morgan fingerprint density at radius 2 is 1.89 bits per heavy atom. The van der Waals surface area contributed by atoms with Crippen LogP contribution in [0.4, 0.5) is 5.69 Å². The van der Waals surface area contributed by atoms with Gasteiger partial charge in [0.15, 0.2) is 0 Å². The lowest BCUT2D eigenvalue weighted by atomic mass is 10.2. The van der Waals surface area contributed by atoms with Crippen LogP contribution in [0, 0.1) is 10.1 Å². The van der Waals surface area contributed by atoms with Crippen LogP contribution >= 0.6 is 24.0 Å². The number of non-ortho nitro benzene ring substituents is 1. The number of amides is 1. The fourth-order valence-electron chi connectivity index (χ4n) is 2.14. The van der Waals surface area contributed by atoms with Gasteiger partial charge in [0.05, 0.1) is 9.83 Å². The molecule has 1 fully saturated rings. The van der Waals surface area contributed by atoms with Crippen molar-refractivity contribution in [3.8, 4) is 5.75 Å². The van der Waals surface area contributed by atoms with Crippen molar-refractivity contribution in [3.63, 3.8) is 0 Å². The molecule has 0 spiro atoms. The Balaban J connectivity index is 1.83. The van der Waals surface area contributed by atoms with Gasteiger partial charge in [-0.3, -0.25) is 14.9 Å². The van der Waals surface area contributed by atoms with Gasteiger partial charge in [-0.1, -0.05) is 36.1 Å². The van der Waals surface area contributed by atoms with Crippen molar-refractivity contribution in [1.82, 2.24) is 5.32 Å². The number of carbonyl (C=O) groups is 1. The molecule has 0 saturated carbocycles. The number of hydrogen-bond donors (Lipinski definition) is 1. The van der Waals surface area contributed by atoms with Gasteiger partial charge in [0.2, 0.25) is 0 Å². The minimum atomic E-state index is -4.17. The number of nitro groups is 1. The van der Waals surface area contributed by atoms with Gasteiger partial charge in [-0.05, 0) is 35.9 Å². The Labute approximate surface area is 163 Å². The number of carbonyl (C=O) groups excluding carboxylic acids is 1. The molecule has 3 rings (SSSR count). The predicted octanol–water partition coefficient (Wildman–Crippen LogP) is 2.85. The zero-order valence-corrected chi connectivity index (χ0v) is 15.8. The molecule has 1 aliphatic rings. The molecule has 0 unspecified atom stereocenters. The van der Waals surface area contributed by atoms with Crippen molar-refractivity contribution in [1.29, 1.82) is 0 Å². The predicted molar refractivity (Wildman–Crippen MR) is 104 cm³/mol. The summed E-state index contributed by atoms with van der Waals surface area (Å²) in [6, 6.07) is 10.5. The van der Waals surface area contributed by atoms with Gasteiger partial charge in [0.1, 0.15) is 15.0 Å². The fraction of sp³-hybridized carbons (Fsp3) is 0. The van der Waals surface area contributed by atoms with E-state index in [1.165, 1.54) is 12.1 Å². The zero-order valence-electron chi connectivity index (χ0n) is 13.3. The third kappa shape index (κ3) is 4.51. The molecule has 0 atom stereocenters. The molecule has 0 radical (unpaired) electrons. The quantitative estimate of drug-likeness (QED) is 0.257. The van der Waals surface area contributed by atoms with Crippen molar-refractivity contribution in [3.05, 3.63) is 69.1 Å². The zero-order chi connectivity index (χ0) is 19.6. The van der Waals surface area contributed by atoms with E-state index in [1.54, 1.807) is 18.2 Å². The first-order valence-corrected chi connectivity index (χ1v) is 9.92. The average Bonchev–Trinajstić information content (AvgIpc) is 2.92. The van der Waals surface area contributed by atoms with E-state index in [0.29, 0.717) is 14.8 Å². The van der Waals surface area contributed by atoms with Crippen LogP contribution in [0.3, 0.4) is 0 Å². The van der Waals surface area contributed by atoms with E-state index in [2.05, 4.69) is 5.32 Å². The first kappa shape index (κ1) is 19.0. The molecule has 0 bridgehead atoms. The highest BCUT2D eigenvalue weighted by Crippen LogP contribution is 2.27. The van der Waals surface area contributed by atoms with Gasteiger partial charge in [-0.2, -0.15) is 8.42 Å². The Hall–Kier alpha value is -2.76. The molecule has 1 heterocycles. The van der Waals surface area contributed by atoms with E-state index in [-0.39, 0.29) is 22.2 Å². The summed E-state index contributed by atoms with van der Waals surface area (Å²) in [6.45, 7) is 0. The lowest BCUT2D eigenvalue weighted by molar-refractivity contribution is -0.384. The molecular weight excluding hydrogens is 412 g/mol. The summed E-state index contributed by atoms with van der Waals surface area (Å²) in [5, 5.41) is 13.1. The summed E-state index contributed by atoms with van der Waals surface area (Å²) in [4.78, 5) is 21.9. The molecule has 1 saturated heterocycles. The second-order valence-electron chi connectivity index (χ2n) is 5.21. The van der Waals surface area contributed by atoms with Gasteiger partial charge in [0, 0.05) is 12.1 Å². The topological polar surface area (TPSA) is 116 Å². The maximum Gasteiger partial charge on any atom is 0.339 e. The van der Waals surface area contributed by atoms with Crippen molar-refractivity contribution in [2.75, 3.05) is 0 Å². The standard InChI is InChI=1S/C16H10N2O6S3/c19-15-14(26-16(25)17-15)9-10-2-1-3-12(8-10)24-27(22,23)13-6-4-11(5-7-13)18(20)21/h1-9H,(H,17,19,25). The molecule has 1 N–H and O–H groups in total. The minimum absolute atomic E-state index is 0.0358. The van der Waals surface area contributed by atoms with E-state index in [9.17, 15) is 23.3 Å². The Kier molecular flexibility index (Phi) is 5.26. The Morgan fingerprint density at radius 3 is 2.48 bits per heavy atom. The highest BCUT2D eigenvalue weighted by atomic mass is 32.2. The number of nitrogens with one attached hydrogen (secondary N) is 1. The van der Waals surface area contributed by atoms with Gasteiger partial charge in [-0.15, -0.1) is 0 Å². The summed E-state index contributed by atoms with van der Waals surface area (Å²) in [5.74, 6) is -0.288. The van der Waals surface area contributed by atoms with Gasteiger partial charge in [0.25, 0.3) is 11.6 Å². The first-order valence-electron chi connectivity index (χ1n) is 7.28. The van der Waals surface area contributed by atoms with Crippen LogP contribution in [-0.2, 0) is 14.9 Å². The van der Waals surface area contributed by atoms with E-state index in [1.807, 2.05) is 0 Å². The van der Waals surface area contributed by atoms with E-state index >= 15 is 0 Å². The number of thiocarbonyl (C=S) groups is 1. The molecule has 138 valence electrons. The number of thioether (sulfide) groups is 1. The van der Waals surface area contributed by atoms with E-state index < -0.39 is 15.0 Å². The maximum atomic E-state index is 12.3. The van der Waals surface area contributed by atoms with Crippen LogP contribution in [0.25, 0.3) is 6.08 Å². The third-order valence-electron chi connectivity index (χ3n) is 3.34. The average molecular weight is 422 g/mol. The fourth-order valence-corrected chi connectivity index (χ4v) is 4.10. The van der Waals surface area contributed by atoms with Crippen LogP contribution in [-0.4, -0.2) is 23.6 Å². The minimum Gasteiger partial charge on any atom is -0.379 e. The molecular formula is C16H10N2O6S3. The summed E-state index contributed by atoms with van der Waals surface area (Å²) < 4.78 is 30.1. The lowest BCUT2D eigenvalue weighted by Gasteiger charge is -2.07. The molecule has 0 aromatic heterocycles. The molecule has 27 heavy (non-hydrogen) atoms.